The molecule has 3 rings (SSSR count). The Balaban J connectivity index is 1.79. The van der Waals surface area contributed by atoms with Gasteiger partial charge in [0.1, 0.15) is 5.69 Å². The zero-order valence-corrected chi connectivity index (χ0v) is 14.7. The molecular weight excluding hydrogens is 362 g/mol. The molecule has 6 nitrogen and oxygen atoms in total. The van der Waals surface area contributed by atoms with Crippen molar-refractivity contribution in [3.8, 4) is 0 Å². The Morgan fingerprint density at radius 3 is 2.65 bits per heavy atom. The normalized spacial score (nSPS) is 21.3. The molecule has 2 saturated heterocycles. The van der Waals surface area contributed by atoms with Crippen molar-refractivity contribution in [1.29, 1.82) is 0 Å². The summed E-state index contributed by atoms with van der Waals surface area (Å²) in [6.45, 7) is 4.47. The van der Waals surface area contributed by atoms with Gasteiger partial charge in [-0.3, -0.25) is 15.0 Å². The maximum absolute atomic E-state index is 11.2. The van der Waals surface area contributed by atoms with Gasteiger partial charge < -0.3 is 10.1 Å². The van der Waals surface area contributed by atoms with E-state index in [1.165, 1.54) is 12.8 Å². The molecule has 2 aliphatic heterocycles. The molecule has 2 fully saturated rings. The van der Waals surface area contributed by atoms with E-state index >= 15 is 0 Å². The lowest BCUT2D eigenvalue weighted by Crippen LogP contribution is -2.55. The highest BCUT2D eigenvalue weighted by atomic mass is 79.9. The predicted octanol–water partition coefficient (Wildman–Crippen LogP) is 3.41. The molecule has 0 spiro atoms. The largest absolute Gasteiger partial charge is 0.381 e. The fourth-order valence-electron chi connectivity index (χ4n) is 3.62. The quantitative estimate of drug-likeness (QED) is 0.623. The van der Waals surface area contributed by atoms with Gasteiger partial charge in [0.15, 0.2) is 0 Å². The second kappa shape index (κ2) is 7.15. The maximum Gasteiger partial charge on any atom is 0.292 e. The first-order valence-corrected chi connectivity index (χ1v) is 8.91. The summed E-state index contributed by atoms with van der Waals surface area (Å²) in [5.41, 5.74) is 0.747. The minimum absolute atomic E-state index is 0.0466. The van der Waals surface area contributed by atoms with Gasteiger partial charge in [-0.2, -0.15) is 0 Å². The number of hydrogen-bond donors (Lipinski definition) is 1. The third-order valence-electron chi connectivity index (χ3n) is 4.96. The van der Waals surface area contributed by atoms with Gasteiger partial charge in [0, 0.05) is 35.8 Å². The topological polar surface area (TPSA) is 67.6 Å². The van der Waals surface area contributed by atoms with Crippen LogP contribution in [0.4, 0.5) is 11.4 Å². The fraction of sp³-hybridized carbons (Fsp3) is 0.625. The summed E-state index contributed by atoms with van der Waals surface area (Å²) in [6, 6.07) is 5.03. The van der Waals surface area contributed by atoms with Gasteiger partial charge in [-0.15, -0.1) is 0 Å². The van der Waals surface area contributed by atoms with Gasteiger partial charge in [-0.05, 0) is 50.9 Å². The summed E-state index contributed by atoms with van der Waals surface area (Å²) in [5, 5.41) is 14.6. The predicted molar refractivity (Wildman–Crippen MR) is 92.9 cm³/mol. The number of anilines is 1. The van der Waals surface area contributed by atoms with Gasteiger partial charge in [0.25, 0.3) is 5.69 Å². The summed E-state index contributed by atoms with van der Waals surface area (Å²) in [7, 11) is 0. The van der Waals surface area contributed by atoms with Crippen molar-refractivity contribution in [2.24, 2.45) is 0 Å². The van der Waals surface area contributed by atoms with Gasteiger partial charge in [0.05, 0.1) is 4.92 Å². The van der Waals surface area contributed by atoms with E-state index in [1.54, 1.807) is 18.2 Å². The summed E-state index contributed by atoms with van der Waals surface area (Å²) in [5.74, 6) is 0. The van der Waals surface area contributed by atoms with Crippen LogP contribution >= 0.6 is 15.9 Å². The molecule has 0 aliphatic carbocycles. The highest BCUT2D eigenvalue weighted by molar-refractivity contribution is 9.10. The van der Waals surface area contributed by atoms with Crippen LogP contribution in [0.15, 0.2) is 22.7 Å². The maximum atomic E-state index is 11.2. The lowest BCUT2D eigenvalue weighted by atomic mass is 9.88. The van der Waals surface area contributed by atoms with Gasteiger partial charge in [0.2, 0.25) is 0 Å². The van der Waals surface area contributed by atoms with Crippen LogP contribution in [0, 0.1) is 10.1 Å². The molecule has 2 heterocycles. The Bertz CT molecular complexity index is 570. The van der Waals surface area contributed by atoms with E-state index in [-0.39, 0.29) is 16.1 Å². The Labute approximate surface area is 144 Å². The number of ether oxygens (including phenoxy) is 1. The van der Waals surface area contributed by atoms with Crippen molar-refractivity contribution in [3.05, 3.63) is 32.8 Å². The summed E-state index contributed by atoms with van der Waals surface area (Å²) >= 11 is 3.40. The molecule has 1 aromatic carbocycles. The number of rotatable bonds is 5. The molecule has 126 valence electrons. The zero-order chi connectivity index (χ0) is 16.3. The number of nitrogens with one attached hydrogen (secondary N) is 1. The summed E-state index contributed by atoms with van der Waals surface area (Å²) in [4.78, 5) is 13.5. The van der Waals surface area contributed by atoms with Crippen molar-refractivity contribution in [1.82, 2.24) is 4.90 Å². The highest BCUT2D eigenvalue weighted by Gasteiger charge is 2.39. The molecule has 1 N–H and O–H groups in total. The molecule has 23 heavy (non-hydrogen) atoms. The van der Waals surface area contributed by atoms with E-state index in [0.717, 1.165) is 43.6 Å². The van der Waals surface area contributed by atoms with E-state index in [0.29, 0.717) is 12.2 Å². The van der Waals surface area contributed by atoms with Crippen molar-refractivity contribution >= 4 is 27.3 Å². The first kappa shape index (κ1) is 16.7. The third-order valence-corrected chi connectivity index (χ3v) is 5.46. The van der Waals surface area contributed by atoms with Crippen LogP contribution in [0.3, 0.4) is 0 Å². The van der Waals surface area contributed by atoms with Crippen molar-refractivity contribution in [2.75, 3.05) is 38.2 Å². The minimum atomic E-state index is -0.332. The second-order valence-corrected chi connectivity index (χ2v) is 7.22. The Morgan fingerprint density at radius 2 is 2.00 bits per heavy atom. The van der Waals surface area contributed by atoms with Crippen LogP contribution in [-0.2, 0) is 4.74 Å². The van der Waals surface area contributed by atoms with Crippen LogP contribution in [0.2, 0.25) is 0 Å². The van der Waals surface area contributed by atoms with Gasteiger partial charge in [-0.1, -0.05) is 15.9 Å². The smallest absolute Gasteiger partial charge is 0.292 e. The summed E-state index contributed by atoms with van der Waals surface area (Å²) < 4.78 is 6.39. The number of halogens is 1. The molecule has 0 atom stereocenters. The Hall–Kier alpha value is -1.18. The number of nitrogens with zero attached hydrogens (tertiary/aromatic N) is 2. The average molecular weight is 384 g/mol. The lowest BCUT2D eigenvalue weighted by molar-refractivity contribution is -0.384. The molecule has 7 heteroatoms. The molecule has 0 bridgehead atoms. The Morgan fingerprint density at radius 1 is 1.30 bits per heavy atom. The van der Waals surface area contributed by atoms with Crippen LogP contribution < -0.4 is 5.32 Å². The van der Waals surface area contributed by atoms with Crippen LogP contribution in [-0.4, -0.2) is 48.2 Å². The van der Waals surface area contributed by atoms with Crippen molar-refractivity contribution < 1.29 is 9.66 Å². The average Bonchev–Trinajstić information content (AvgIpc) is 3.09. The van der Waals surface area contributed by atoms with E-state index in [1.807, 2.05) is 0 Å². The fourth-order valence-corrected chi connectivity index (χ4v) is 3.98. The number of nitro benzene ring substituents is 1. The highest BCUT2D eigenvalue weighted by Crippen LogP contribution is 2.34. The van der Waals surface area contributed by atoms with Gasteiger partial charge >= 0.3 is 0 Å². The number of hydrogen-bond acceptors (Lipinski definition) is 5. The van der Waals surface area contributed by atoms with E-state index in [2.05, 4.69) is 26.1 Å². The zero-order valence-electron chi connectivity index (χ0n) is 13.1. The minimum Gasteiger partial charge on any atom is -0.381 e. The standard InChI is InChI=1S/C16H22BrN3O3/c17-13-3-4-15(20(21)22)14(11-13)18-12-16(5-9-23-10-6-16)19-7-1-2-8-19/h3-4,11,18H,1-2,5-10,12H2. The summed E-state index contributed by atoms with van der Waals surface area (Å²) in [6.07, 6.45) is 4.42. The lowest BCUT2D eigenvalue weighted by Gasteiger charge is -2.44. The molecule has 1 aromatic rings. The molecule has 0 amide bonds. The monoisotopic (exact) mass is 383 g/mol. The van der Waals surface area contributed by atoms with E-state index in [4.69, 9.17) is 4.74 Å². The van der Waals surface area contributed by atoms with Crippen molar-refractivity contribution in [3.63, 3.8) is 0 Å². The first-order chi connectivity index (χ1) is 11.1. The second-order valence-electron chi connectivity index (χ2n) is 6.30. The first-order valence-electron chi connectivity index (χ1n) is 8.11. The van der Waals surface area contributed by atoms with Crippen molar-refractivity contribution in [2.45, 2.75) is 31.2 Å². The number of likely N-dealkylation sites (tertiary alicyclic amines) is 1. The van der Waals surface area contributed by atoms with Gasteiger partial charge in [-0.25, -0.2) is 0 Å². The number of benzene rings is 1. The Kier molecular flexibility index (Phi) is 5.18. The van der Waals surface area contributed by atoms with E-state index in [9.17, 15) is 10.1 Å². The molecule has 0 radical (unpaired) electrons. The van der Waals surface area contributed by atoms with Crippen LogP contribution in [0.1, 0.15) is 25.7 Å². The molecule has 2 aliphatic rings. The molecule has 0 saturated carbocycles. The third kappa shape index (κ3) is 3.67. The van der Waals surface area contributed by atoms with Crippen LogP contribution in [0.5, 0.6) is 0 Å². The molecular formula is C16H22BrN3O3. The number of nitro groups is 1. The molecule has 0 aromatic heterocycles. The van der Waals surface area contributed by atoms with Crippen LogP contribution in [0.25, 0.3) is 0 Å². The van der Waals surface area contributed by atoms with E-state index < -0.39 is 0 Å². The SMILES string of the molecule is O=[N+]([O-])c1ccc(Br)cc1NCC1(N2CCCC2)CCOCC1. The molecule has 0 unspecified atom stereocenters.